The molecule has 0 aliphatic carbocycles. The Labute approximate surface area is 146 Å². The molecule has 8 heteroatoms. The molecule has 0 radical (unpaired) electrons. The van der Waals surface area contributed by atoms with Crippen LogP contribution in [0.2, 0.25) is 5.02 Å². The lowest BCUT2D eigenvalue weighted by atomic mass is 10.2. The highest BCUT2D eigenvalue weighted by Crippen LogP contribution is 2.13. The van der Waals surface area contributed by atoms with Gasteiger partial charge < -0.3 is 19.4 Å². The van der Waals surface area contributed by atoms with Gasteiger partial charge in [0.2, 0.25) is 5.43 Å². The van der Waals surface area contributed by atoms with Gasteiger partial charge in [-0.05, 0) is 17.7 Å². The van der Waals surface area contributed by atoms with E-state index in [4.69, 9.17) is 11.6 Å². The molecular weight excluding hydrogens is 346 g/mol. The molecular formula is C17H14ClN3O4. The number of nitrogens with zero attached hydrogens (tertiary/aromatic N) is 2. The highest BCUT2D eigenvalue weighted by atomic mass is 35.5. The van der Waals surface area contributed by atoms with Crippen molar-refractivity contribution in [1.29, 1.82) is 0 Å². The second-order valence-corrected chi connectivity index (χ2v) is 5.85. The van der Waals surface area contributed by atoms with Gasteiger partial charge in [0.1, 0.15) is 5.56 Å². The molecule has 3 aromatic rings. The van der Waals surface area contributed by atoms with Gasteiger partial charge in [0.05, 0.1) is 6.54 Å². The highest BCUT2D eigenvalue weighted by molar-refractivity contribution is 6.30. The van der Waals surface area contributed by atoms with Crippen molar-refractivity contribution in [2.75, 3.05) is 7.05 Å². The summed E-state index contributed by atoms with van der Waals surface area (Å²) in [7, 11) is 1.37. The largest absolute Gasteiger partial charge is 0.503 e. The maximum atomic E-state index is 12.7. The van der Waals surface area contributed by atoms with Gasteiger partial charge in [0.25, 0.3) is 11.5 Å². The molecule has 1 amide bonds. The molecule has 25 heavy (non-hydrogen) atoms. The summed E-state index contributed by atoms with van der Waals surface area (Å²) in [5, 5.41) is 13.0. The molecule has 0 unspecified atom stereocenters. The Morgan fingerprint density at radius 1 is 1.28 bits per heavy atom. The van der Waals surface area contributed by atoms with E-state index in [1.807, 2.05) is 6.07 Å². The third-order valence-corrected chi connectivity index (χ3v) is 4.03. The van der Waals surface area contributed by atoms with Gasteiger partial charge in [-0.15, -0.1) is 0 Å². The Kier molecular flexibility index (Phi) is 4.33. The molecule has 0 aliphatic heterocycles. The predicted octanol–water partition coefficient (Wildman–Crippen LogP) is 1.23. The van der Waals surface area contributed by atoms with Crippen molar-refractivity contribution in [1.82, 2.24) is 14.3 Å². The summed E-state index contributed by atoms with van der Waals surface area (Å²) < 4.78 is 2.61. The van der Waals surface area contributed by atoms with Crippen LogP contribution in [0.15, 0.2) is 52.4 Å². The molecule has 0 spiro atoms. The average molecular weight is 360 g/mol. The van der Waals surface area contributed by atoms with Crippen LogP contribution in [0.4, 0.5) is 0 Å². The van der Waals surface area contributed by atoms with Crippen molar-refractivity contribution in [3.05, 3.63) is 79.6 Å². The lowest BCUT2D eigenvalue weighted by Gasteiger charge is -2.11. The van der Waals surface area contributed by atoms with Crippen molar-refractivity contribution < 1.29 is 9.90 Å². The number of aromatic nitrogens is 2. The van der Waals surface area contributed by atoms with Crippen molar-refractivity contribution in [3.63, 3.8) is 0 Å². The summed E-state index contributed by atoms with van der Waals surface area (Å²) in [6.07, 6.45) is 4.22. The minimum atomic E-state index is -0.892. The second-order valence-electron chi connectivity index (χ2n) is 5.42. The number of amides is 1. The van der Waals surface area contributed by atoms with E-state index in [1.54, 1.807) is 18.2 Å². The fourth-order valence-electron chi connectivity index (χ4n) is 2.56. The van der Waals surface area contributed by atoms with Crippen LogP contribution in [0.3, 0.4) is 0 Å². The number of nitrogens with one attached hydrogen (secondary N) is 1. The van der Waals surface area contributed by atoms with Gasteiger partial charge in [-0.3, -0.25) is 14.4 Å². The number of hydrogen-bond acceptors (Lipinski definition) is 4. The SMILES string of the molecule is CNC(=O)c1cn2ccn(Cc3cccc(Cl)c3)c(=O)c2c(O)c1=O. The monoisotopic (exact) mass is 359 g/mol. The van der Waals surface area contributed by atoms with Crippen LogP contribution in [-0.4, -0.2) is 27.0 Å². The third kappa shape index (κ3) is 3.01. The van der Waals surface area contributed by atoms with Gasteiger partial charge in [0.15, 0.2) is 11.3 Å². The Morgan fingerprint density at radius 2 is 2.04 bits per heavy atom. The van der Waals surface area contributed by atoms with E-state index < -0.39 is 22.6 Å². The molecule has 3 rings (SSSR count). The highest BCUT2D eigenvalue weighted by Gasteiger charge is 2.18. The molecule has 128 valence electrons. The molecule has 0 saturated carbocycles. The molecule has 2 N–H and O–H groups in total. The number of benzene rings is 1. The van der Waals surface area contributed by atoms with E-state index in [0.29, 0.717) is 5.02 Å². The van der Waals surface area contributed by atoms with E-state index >= 15 is 0 Å². The van der Waals surface area contributed by atoms with Crippen molar-refractivity contribution in [2.24, 2.45) is 0 Å². The fraction of sp³-hybridized carbons (Fsp3) is 0.118. The topological polar surface area (TPSA) is 92.8 Å². The number of carbonyl (C=O) groups excluding carboxylic acids is 1. The Bertz CT molecular complexity index is 1100. The van der Waals surface area contributed by atoms with E-state index in [2.05, 4.69) is 5.32 Å². The molecule has 2 heterocycles. The van der Waals surface area contributed by atoms with Crippen LogP contribution in [-0.2, 0) is 6.54 Å². The summed E-state index contributed by atoms with van der Waals surface area (Å²) in [6, 6.07) is 7.02. The van der Waals surface area contributed by atoms with E-state index in [0.717, 1.165) is 5.56 Å². The van der Waals surface area contributed by atoms with Gasteiger partial charge >= 0.3 is 0 Å². The number of fused-ring (bicyclic) bond motifs is 1. The maximum absolute atomic E-state index is 12.7. The summed E-state index contributed by atoms with van der Waals surface area (Å²) in [5.41, 5.74) is -1.09. The summed E-state index contributed by atoms with van der Waals surface area (Å²) in [5.74, 6) is -1.40. The molecule has 7 nitrogen and oxygen atoms in total. The molecule has 0 saturated heterocycles. The van der Waals surface area contributed by atoms with Gasteiger partial charge in [-0.25, -0.2) is 0 Å². The number of aromatic hydroxyl groups is 1. The van der Waals surface area contributed by atoms with Crippen molar-refractivity contribution in [3.8, 4) is 5.75 Å². The zero-order valence-electron chi connectivity index (χ0n) is 13.2. The molecule has 0 bridgehead atoms. The number of carbonyl (C=O) groups is 1. The molecule has 0 fully saturated rings. The number of hydrogen-bond donors (Lipinski definition) is 2. The minimum absolute atomic E-state index is 0.192. The summed E-state index contributed by atoms with van der Waals surface area (Å²) >= 11 is 5.94. The van der Waals surface area contributed by atoms with Gasteiger partial charge in [-0.2, -0.15) is 0 Å². The fourth-order valence-corrected chi connectivity index (χ4v) is 2.77. The number of pyridine rings is 1. The van der Waals surface area contributed by atoms with Gasteiger partial charge in [0, 0.05) is 30.7 Å². The first kappa shape index (κ1) is 16.8. The van der Waals surface area contributed by atoms with Crippen LogP contribution < -0.4 is 16.3 Å². The van der Waals surface area contributed by atoms with Crippen LogP contribution in [0, 0.1) is 0 Å². The molecule has 0 aliphatic rings. The lowest BCUT2D eigenvalue weighted by molar-refractivity contribution is 0.0961. The third-order valence-electron chi connectivity index (χ3n) is 3.79. The van der Waals surface area contributed by atoms with E-state index in [1.165, 1.54) is 34.6 Å². The van der Waals surface area contributed by atoms with Crippen LogP contribution >= 0.6 is 11.6 Å². The van der Waals surface area contributed by atoms with Crippen molar-refractivity contribution >= 4 is 23.0 Å². The molecule has 0 atom stereocenters. The quantitative estimate of drug-likeness (QED) is 0.735. The van der Waals surface area contributed by atoms with Crippen LogP contribution in [0.25, 0.3) is 5.52 Å². The first-order chi connectivity index (χ1) is 11.9. The zero-order chi connectivity index (χ0) is 18.1. The lowest BCUT2D eigenvalue weighted by Crippen LogP contribution is -2.29. The molecule has 2 aromatic heterocycles. The summed E-state index contributed by atoms with van der Waals surface area (Å²) in [4.78, 5) is 36.5. The van der Waals surface area contributed by atoms with E-state index in [9.17, 15) is 19.5 Å². The average Bonchev–Trinajstić information content (AvgIpc) is 2.59. The molecule has 1 aromatic carbocycles. The minimum Gasteiger partial charge on any atom is -0.503 e. The Morgan fingerprint density at radius 3 is 2.72 bits per heavy atom. The Hall–Kier alpha value is -3.06. The standard InChI is InChI=1S/C17H14ClN3O4/c1-19-16(24)12-9-20-5-6-21(8-10-3-2-4-11(18)7-10)17(25)13(20)15(23)14(12)22/h2-7,9,23H,8H2,1H3,(H,19,24). The van der Waals surface area contributed by atoms with Crippen LogP contribution in [0.5, 0.6) is 5.75 Å². The summed E-state index contributed by atoms with van der Waals surface area (Å²) in [6.45, 7) is 0.223. The second kappa shape index (κ2) is 6.45. The smallest absolute Gasteiger partial charge is 0.279 e. The van der Waals surface area contributed by atoms with Crippen molar-refractivity contribution in [2.45, 2.75) is 6.54 Å². The number of rotatable bonds is 3. The normalized spacial score (nSPS) is 10.8. The number of halogens is 1. The van der Waals surface area contributed by atoms with E-state index in [-0.39, 0.29) is 17.6 Å². The zero-order valence-corrected chi connectivity index (χ0v) is 13.9. The first-order valence-corrected chi connectivity index (χ1v) is 7.74. The Balaban J connectivity index is 2.18. The first-order valence-electron chi connectivity index (χ1n) is 7.36. The predicted molar refractivity (Wildman–Crippen MR) is 93.5 cm³/mol. The maximum Gasteiger partial charge on any atom is 0.279 e. The van der Waals surface area contributed by atoms with Crippen LogP contribution in [0.1, 0.15) is 15.9 Å². The van der Waals surface area contributed by atoms with Gasteiger partial charge in [-0.1, -0.05) is 23.7 Å².